The van der Waals surface area contributed by atoms with E-state index in [0.29, 0.717) is 41.0 Å². The van der Waals surface area contributed by atoms with Crippen LogP contribution in [0.1, 0.15) is 69.2 Å². The molecule has 0 spiro atoms. The molecule has 1 aliphatic rings. The van der Waals surface area contributed by atoms with Crippen LogP contribution in [-0.2, 0) is 20.8 Å². The first-order valence-corrected chi connectivity index (χ1v) is 13.4. The fraction of sp³-hybridized carbons (Fsp3) is 0.452. The number of ether oxygens (including phenoxy) is 2. The molecular weight excluding hydrogens is 480 g/mol. The Balaban J connectivity index is 2.25. The number of morpholine rings is 1. The summed E-state index contributed by atoms with van der Waals surface area (Å²) in [5.41, 5.74) is 5.10. The predicted octanol–water partition coefficient (Wildman–Crippen LogP) is 5.43. The summed E-state index contributed by atoms with van der Waals surface area (Å²) in [4.78, 5) is 15.8. The molecule has 0 atom stereocenters. The van der Waals surface area contributed by atoms with Gasteiger partial charge in [-0.05, 0) is 48.9 Å². The summed E-state index contributed by atoms with van der Waals surface area (Å²) in [7, 11) is 1.54. The van der Waals surface area contributed by atoms with Crippen molar-refractivity contribution in [3.8, 4) is 11.5 Å². The lowest BCUT2D eigenvalue weighted by Crippen LogP contribution is -2.35. The number of nitrogens with zero attached hydrogens (tertiary/aromatic N) is 1. The smallest absolute Gasteiger partial charge is 0.251 e. The van der Waals surface area contributed by atoms with Gasteiger partial charge in [0.25, 0.3) is 5.91 Å². The molecule has 0 unspecified atom stereocenters. The predicted molar refractivity (Wildman–Crippen MR) is 152 cm³/mol. The summed E-state index contributed by atoms with van der Waals surface area (Å²) in [6.45, 7) is 14.4. The molecule has 206 valence electrons. The van der Waals surface area contributed by atoms with Gasteiger partial charge in [-0.2, -0.15) is 0 Å². The van der Waals surface area contributed by atoms with Gasteiger partial charge in [-0.3, -0.25) is 9.69 Å². The fourth-order valence-corrected chi connectivity index (χ4v) is 4.71. The highest BCUT2D eigenvalue weighted by molar-refractivity contribution is 6.15. The number of phenolic OH excluding ortho intramolecular Hbond substituents is 2. The van der Waals surface area contributed by atoms with E-state index in [2.05, 4.69) is 22.3 Å². The van der Waals surface area contributed by atoms with Crippen molar-refractivity contribution in [2.75, 3.05) is 40.0 Å². The van der Waals surface area contributed by atoms with Gasteiger partial charge < -0.3 is 25.0 Å². The number of phenols is 2. The van der Waals surface area contributed by atoms with Gasteiger partial charge in [0.05, 0.1) is 25.9 Å². The fourth-order valence-electron chi connectivity index (χ4n) is 4.71. The average Bonchev–Trinajstić information content (AvgIpc) is 2.90. The Morgan fingerprint density at radius 2 is 1.74 bits per heavy atom. The van der Waals surface area contributed by atoms with E-state index >= 15 is 0 Å². The van der Waals surface area contributed by atoms with Crippen molar-refractivity contribution in [1.29, 1.82) is 0 Å². The molecule has 3 rings (SSSR count). The Labute approximate surface area is 226 Å². The van der Waals surface area contributed by atoms with Crippen molar-refractivity contribution in [3.63, 3.8) is 0 Å². The van der Waals surface area contributed by atoms with E-state index < -0.39 is 0 Å². The zero-order chi connectivity index (χ0) is 27.8. The molecule has 1 fully saturated rings. The van der Waals surface area contributed by atoms with E-state index in [9.17, 15) is 15.0 Å². The molecule has 38 heavy (non-hydrogen) atoms. The van der Waals surface area contributed by atoms with Gasteiger partial charge in [-0.25, -0.2) is 0 Å². The van der Waals surface area contributed by atoms with Gasteiger partial charge in [-0.1, -0.05) is 50.6 Å². The minimum atomic E-state index is -0.198. The van der Waals surface area contributed by atoms with Crippen LogP contribution in [0.2, 0.25) is 0 Å². The number of aromatic hydroxyl groups is 2. The first-order valence-electron chi connectivity index (χ1n) is 13.4. The summed E-state index contributed by atoms with van der Waals surface area (Å²) >= 11 is 0. The quantitative estimate of drug-likeness (QED) is 0.167. The van der Waals surface area contributed by atoms with E-state index in [1.165, 1.54) is 11.6 Å². The number of rotatable bonds is 10. The van der Waals surface area contributed by atoms with Crippen LogP contribution in [0.5, 0.6) is 11.5 Å². The number of amides is 1. The third-order valence-electron chi connectivity index (χ3n) is 6.97. The molecule has 1 aliphatic heterocycles. The van der Waals surface area contributed by atoms with Crippen LogP contribution in [0.25, 0.3) is 11.3 Å². The number of methoxy groups -OCH3 is 1. The maximum absolute atomic E-state index is 13.5. The Bertz CT molecular complexity index is 1180. The third-order valence-corrected chi connectivity index (χ3v) is 6.97. The zero-order valence-corrected chi connectivity index (χ0v) is 23.6. The molecule has 2 aromatic rings. The van der Waals surface area contributed by atoms with Crippen LogP contribution in [0.4, 0.5) is 0 Å². The van der Waals surface area contributed by atoms with Gasteiger partial charge >= 0.3 is 0 Å². The van der Waals surface area contributed by atoms with Gasteiger partial charge in [0.2, 0.25) is 0 Å². The molecule has 0 radical (unpaired) electrons. The Morgan fingerprint density at radius 1 is 1.08 bits per heavy atom. The summed E-state index contributed by atoms with van der Waals surface area (Å²) in [5, 5.41) is 24.3. The summed E-state index contributed by atoms with van der Waals surface area (Å²) < 4.78 is 11.4. The van der Waals surface area contributed by atoms with Gasteiger partial charge in [0.15, 0.2) is 0 Å². The number of hydrogen-bond acceptors (Lipinski definition) is 6. The molecule has 3 N–H and O–H groups in total. The molecule has 0 aromatic heterocycles. The maximum atomic E-state index is 13.5. The first-order chi connectivity index (χ1) is 18.2. The highest BCUT2D eigenvalue weighted by atomic mass is 16.5. The van der Waals surface area contributed by atoms with Crippen LogP contribution in [0.3, 0.4) is 0 Å². The van der Waals surface area contributed by atoms with Crippen molar-refractivity contribution in [2.24, 2.45) is 0 Å². The Kier molecular flexibility index (Phi) is 10.4. The zero-order valence-electron chi connectivity index (χ0n) is 23.6. The van der Waals surface area contributed by atoms with Crippen LogP contribution in [0.15, 0.2) is 47.5 Å². The normalized spacial score (nSPS) is 15.7. The van der Waals surface area contributed by atoms with Crippen molar-refractivity contribution in [2.45, 2.75) is 53.5 Å². The topological polar surface area (TPSA) is 91.3 Å². The molecule has 7 nitrogen and oxygen atoms in total. The van der Waals surface area contributed by atoms with E-state index in [0.717, 1.165) is 44.0 Å². The second-order valence-corrected chi connectivity index (χ2v) is 9.94. The van der Waals surface area contributed by atoms with Crippen LogP contribution in [0, 0.1) is 0 Å². The van der Waals surface area contributed by atoms with Crippen molar-refractivity contribution in [1.82, 2.24) is 10.2 Å². The van der Waals surface area contributed by atoms with Crippen molar-refractivity contribution < 1.29 is 24.5 Å². The molecule has 1 heterocycles. The van der Waals surface area contributed by atoms with Crippen LogP contribution < -0.4 is 5.32 Å². The van der Waals surface area contributed by atoms with Gasteiger partial charge in [0, 0.05) is 43.4 Å². The second kappa shape index (κ2) is 13.5. The number of carbonyl (C=O) groups excluding carboxylic acids is 1. The molecule has 1 saturated heterocycles. The van der Waals surface area contributed by atoms with E-state index in [-0.39, 0.29) is 23.3 Å². The molecule has 1 amide bonds. The summed E-state index contributed by atoms with van der Waals surface area (Å²) in [5.74, 6) is 0.103. The standard InChI is InChI=1S/C31H42N2O5/c1-7-21(5)28(31(36)32-8-2)29(23-11-9-22(10-12-23)19-33-13-15-38-16-14-33)30(37-6)25-17-24(20(3)4)26(34)18-27(25)35/h9-12,17-18,20,34-35H,7-8,13-16,19H2,1-6H3,(H,32,36)/b28-21-,30-29-. The van der Waals surface area contributed by atoms with Gasteiger partial charge in [0.1, 0.15) is 17.3 Å². The average molecular weight is 523 g/mol. The number of likely N-dealkylation sites (N-methyl/N-ethyl adjacent to an activating group) is 1. The minimum Gasteiger partial charge on any atom is -0.508 e. The molecule has 0 aliphatic carbocycles. The van der Waals surface area contributed by atoms with Crippen molar-refractivity contribution in [3.05, 3.63) is 69.8 Å². The lowest BCUT2D eigenvalue weighted by Gasteiger charge is -2.26. The Morgan fingerprint density at radius 3 is 2.29 bits per heavy atom. The summed E-state index contributed by atoms with van der Waals surface area (Å²) in [6.07, 6.45) is 0.668. The lowest BCUT2D eigenvalue weighted by atomic mass is 9.88. The molecule has 7 heteroatoms. The van der Waals surface area contributed by atoms with Crippen molar-refractivity contribution >= 4 is 17.2 Å². The minimum absolute atomic E-state index is 0.0196. The maximum Gasteiger partial charge on any atom is 0.251 e. The van der Waals surface area contributed by atoms with E-state index in [1.807, 2.05) is 46.8 Å². The van der Waals surface area contributed by atoms with E-state index in [4.69, 9.17) is 9.47 Å². The summed E-state index contributed by atoms with van der Waals surface area (Å²) in [6, 6.07) is 11.3. The number of carbonyl (C=O) groups is 1. The highest BCUT2D eigenvalue weighted by Gasteiger charge is 2.26. The Hall–Kier alpha value is -3.29. The molecule has 0 bridgehead atoms. The molecule has 0 saturated carbocycles. The second-order valence-electron chi connectivity index (χ2n) is 9.94. The lowest BCUT2D eigenvalue weighted by molar-refractivity contribution is -0.117. The highest BCUT2D eigenvalue weighted by Crippen LogP contribution is 2.41. The van der Waals surface area contributed by atoms with E-state index in [1.54, 1.807) is 13.2 Å². The first kappa shape index (κ1) is 29.3. The number of allylic oxidation sites excluding steroid dienone is 1. The van der Waals surface area contributed by atoms with Crippen LogP contribution in [-0.4, -0.2) is 61.0 Å². The van der Waals surface area contributed by atoms with Gasteiger partial charge in [-0.15, -0.1) is 0 Å². The molecular formula is C31H42N2O5. The monoisotopic (exact) mass is 522 g/mol. The SMILES string of the molecule is CCNC(=O)C(=C(/C)CC)/C(=C(\OC)c1cc(C(C)C)c(O)cc1O)c1ccc(CN2CCOCC2)cc1. The largest absolute Gasteiger partial charge is 0.508 e. The number of hydrogen-bond donors (Lipinski definition) is 3. The number of benzene rings is 2. The number of nitrogens with one attached hydrogen (secondary N) is 1. The third kappa shape index (κ3) is 6.77. The van der Waals surface area contributed by atoms with Crippen LogP contribution >= 0.6 is 0 Å². The molecule has 2 aromatic carbocycles.